The first kappa shape index (κ1) is 12.4. The van der Waals surface area contributed by atoms with Crippen molar-refractivity contribution in [3.63, 3.8) is 0 Å². The summed E-state index contributed by atoms with van der Waals surface area (Å²) in [7, 11) is 0. The first-order valence-corrected chi connectivity index (χ1v) is 8.72. The van der Waals surface area contributed by atoms with Crippen molar-refractivity contribution in [3.05, 3.63) is 22.4 Å². The standard InChI is InChI=1S/C16H24N2S/c1-2-16(19-7-1)12-18-9-14-5-6-17(8-13-3-4-13)10-15(14)11-18/h1-2,7,13-15H,3-6,8-12H2/t14-,15+/m0/s1. The van der Waals surface area contributed by atoms with E-state index < -0.39 is 0 Å². The lowest BCUT2D eigenvalue weighted by Gasteiger charge is -2.34. The second-order valence-electron chi connectivity index (χ2n) is 6.79. The van der Waals surface area contributed by atoms with Crippen molar-refractivity contribution >= 4 is 11.3 Å². The number of thiophene rings is 1. The highest BCUT2D eigenvalue weighted by Crippen LogP contribution is 2.35. The molecule has 0 radical (unpaired) electrons. The number of piperidine rings is 1. The van der Waals surface area contributed by atoms with Crippen molar-refractivity contribution < 1.29 is 0 Å². The number of rotatable bonds is 4. The molecule has 2 nitrogen and oxygen atoms in total. The van der Waals surface area contributed by atoms with E-state index in [-0.39, 0.29) is 0 Å². The molecule has 0 spiro atoms. The van der Waals surface area contributed by atoms with E-state index in [0.29, 0.717) is 0 Å². The molecule has 3 heterocycles. The second-order valence-corrected chi connectivity index (χ2v) is 7.82. The molecule has 1 saturated carbocycles. The molecule has 0 bridgehead atoms. The monoisotopic (exact) mass is 276 g/mol. The Bertz CT molecular complexity index is 412. The van der Waals surface area contributed by atoms with Crippen LogP contribution in [0.25, 0.3) is 0 Å². The molecule has 1 aromatic rings. The number of hydrogen-bond donors (Lipinski definition) is 0. The fourth-order valence-electron chi connectivity index (χ4n) is 3.92. The molecule has 4 rings (SSSR count). The van der Waals surface area contributed by atoms with Crippen molar-refractivity contribution in [1.29, 1.82) is 0 Å². The van der Waals surface area contributed by atoms with E-state index in [4.69, 9.17) is 0 Å². The van der Waals surface area contributed by atoms with Crippen molar-refractivity contribution in [2.24, 2.45) is 17.8 Å². The van der Waals surface area contributed by atoms with E-state index in [2.05, 4.69) is 27.3 Å². The summed E-state index contributed by atoms with van der Waals surface area (Å²) in [4.78, 5) is 6.99. The molecule has 3 aliphatic rings. The molecule has 3 heteroatoms. The summed E-state index contributed by atoms with van der Waals surface area (Å²) in [6.45, 7) is 8.01. The molecule has 3 fully saturated rings. The number of nitrogens with zero attached hydrogens (tertiary/aromatic N) is 2. The Balaban J connectivity index is 1.32. The van der Waals surface area contributed by atoms with Crippen LogP contribution in [0.15, 0.2) is 17.5 Å². The molecule has 104 valence electrons. The zero-order valence-electron chi connectivity index (χ0n) is 11.6. The van der Waals surface area contributed by atoms with Gasteiger partial charge in [0, 0.05) is 37.6 Å². The van der Waals surface area contributed by atoms with Gasteiger partial charge in [0.05, 0.1) is 0 Å². The Hall–Kier alpha value is -0.380. The zero-order valence-corrected chi connectivity index (χ0v) is 12.4. The number of likely N-dealkylation sites (tertiary alicyclic amines) is 2. The molecule has 2 aliphatic heterocycles. The van der Waals surface area contributed by atoms with E-state index in [1.807, 2.05) is 11.3 Å². The average Bonchev–Trinajstić information content (AvgIpc) is 2.91. The van der Waals surface area contributed by atoms with Gasteiger partial charge in [-0.3, -0.25) is 4.90 Å². The average molecular weight is 276 g/mol. The van der Waals surface area contributed by atoms with Crippen LogP contribution in [0.2, 0.25) is 0 Å². The summed E-state index contributed by atoms with van der Waals surface area (Å²) in [5.74, 6) is 2.99. The van der Waals surface area contributed by atoms with Crippen molar-refractivity contribution in [1.82, 2.24) is 9.80 Å². The van der Waals surface area contributed by atoms with Crippen LogP contribution >= 0.6 is 11.3 Å². The Labute approximate surface area is 120 Å². The summed E-state index contributed by atoms with van der Waals surface area (Å²) < 4.78 is 0. The van der Waals surface area contributed by atoms with Gasteiger partial charge in [0.15, 0.2) is 0 Å². The fraction of sp³-hybridized carbons (Fsp3) is 0.750. The first-order valence-electron chi connectivity index (χ1n) is 7.84. The third-order valence-electron chi connectivity index (χ3n) is 5.13. The van der Waals surface area contributed by atoms with Gasteiger partial charge in [-0.1, -0.05) is 6.07 Å². The predicted molar refractivity (Wildman–Crippen MR) is 80.4 cm³/mol. The fourth-order valence-corrected chi connectivity index (χ4v) is 4.67. The van der Waals surface area contributed by atoms with Gasteiger partial charge in [0.1, 0.15) is 0 Å². The summed E-state index contributed by atoms with van der Waals surface area (Å²) in [5, 5.41) is 2.20. The zero-order chi connectivity index (χ0) is 12.7. The highest BCUT2D eigenvalue weighted by molar-refractivity contribution is 7.09. The van der Waals surface area contributed by atoms with Crippen LogP contribution < -0.4 is 0 Å². The van der Waals surface area contributed by atoms with E-state index in [1.54, 1.807) is 0 Å². The van der Waals surface area contributed by atoms with Gasteiger partial charge < -0.3 is 4.90 Å². The van der Waals surface area contributed by atoms with Crippen LogP contribution in [-0.2, 0) is 6.54 Å². The second kappa shape index (κ2) is 5.19. The van der Waals surface area contributed by atoms with Gasteiger partial charge in [-0.15, -0.1) is 11.3 Å². The third kappa shape index (κ3) is 2.88. The number of hydrogen-bond acceptors (Lipinski definition) is 3. The Morgan fingerprint density at radius 3 is 2.68 bits per heavy atom. The van der Waals surface area contributed by atoms with Gasteiger partial charge in [-0.05, 0) is 55.0 Å². The molecule has 1 aliphatic carbocycles. The van der Waals surface area contributed by atoms with Gasteiger partial charge >= 0.3 is 0 Å². The molecule has 1 aromatic heterocycles. The molecule has 2 saturated heterocycles. The van der Waals surface area contributed by atoms with E-state index in [0.717, 1.165) is 17.8 Å². The van der Waals surface area contributed by atoms with Gasteiger partial charge in [-0.2, -0.15) is 0 Å². The lowest BCUT2D eigenvalue weighted by atomic mass is 9.88. The lowest BCUT2D eigenvalue weighted by Crippen LogP contribution is -2.40. The van der Waals surface area contributed by atoms with Crippen molar-refractivity contribution in [3.8, 4) is 0 Å². The number of fused-ring (bicyclic) bond motifs is 1. The van der Waals surface area contributed by atoms with Crippen LogP contribution in [0.1, 0.15) is 24.1 Å². The molecule has 0 amide bonds. The predicted octanol–water partition coefficient (Wildman–Crippen LogP) is 2.91. The molecule has 2 atom stereocenters. The highest BCUT2D eigenvalue weighted by Gasteiger charge is 2.38. The van der Waals surface area contributed by atoms with Crippen LogP contribution in [-0.4, -0.2) is 42.5 Å². The van der Waals surface area contributed by atoms with E-state index in [9.17, 15) is 0 Å². The lowest BCUT2D eigenvalue weighted by molar-refractivity contribution is 0.143. The molecule has 19 heavy (non-hydrogen) atoms. The van der Waals surface area contributed by atoms with Crippen LogP contribution in [0.3, 0.4) is 0 Å². The maximum atomic E-state index is 2.76. The molecule has 0 N–H and O–H groups in total. The summed E-state index contributed by atoms with van der Waals surface area (Å²) in [6, 6.07) is 4.46. The van der Waals surface area contributed by atoms with Crippen LogP contribution in [0.5, 0.6) is 0 Å². The molecule has 0 unspecified atom stereocenters. The van der Waals surface area contributed by atoms with Crippen LogP contribution in [0.4, 0.5) is 0 Å². The summed E-state index contributed by atoms with van der Waals surface area (Å²) >= 11 is 1.91. The van der Waals surface area contributed by atoms with Crippen LogP contribution in [0, 0.1) is 17.8 Å². The van der Waals surface area contributed by atoms with Crippen molar-refractivity contribution in [2.45, 2.75) is 25.8 Å². The minimum absolute atomic E-state index is 0.951. The van der Waals surface area contributed by atoms with Crippen molar-refractivity contribution in [2.75, 3.05) is 32.7 Å². The van der Waals surface area contributed by atoms with Gasteiger partial charge in [0.25, 0.3) is 0 Å². The Kier molecular flexibility index (Phi) is 3.38. The highest BCUT2D eigenvalue weighted by atomic mass is 32.1. The minimum Gasteiger partial charge on any atom is -0.303 e. The SMILES string of the molecule is c1csc(CN2C[C@H]3CN(CC4CC4)CC[C@H]3C2)c1. The third-order valence-corrected chi connectivity index (χ3v) is 5.99. The maximum absolute atomic E-state index is 2.76. The maximum Gasteiger partial charge on any atom is 0.0328 e. The molecular weight excluding hydrogens is 252 g/mol. The largest absolute Gasteiger partial charge is 0.303 e. The summed E-state index contributed by atoms with van der Waals surface area (Å²) in [5.41, 5.74) is 0. The molecule has 0 aromatic carbocycles. The van der Waals surface area contributed by atoms with Gasteiger partial charge in [0.2, 0.25) is 0 Å². The van der Waals surface area contributed by atoms with Gasteiger partial charge in [-0.25, -0.2) is 0 Å². The summed E-state index contributed by atoms with van der Waals surface area (Å²) in [6.07, 6.45) is 4.43. The normalized spacial score (nSPS) is 32.6. The van der Waals surface area contributed by atoms with E-state index >= 15 is 0 Å². The molecular formula is C16H24N2S. The Morgan fingerprint density at radius 2 is 1.89 bits per heavy atom. The quantitative estimate of drug-likeness (QED) is 0.834. The first-order chi connectivity index (χ1) is 9.37. The smallest absolute Gasteiger partial charge is 0.0328 e. The topological polar surface area (TPSA) is 6.48 Å². The van der Waals surface area contributed by atoms with E-state index in [1.165, 1.54) is 63.4 Å². The Morgan fingerprint density at radius 1 is 1.05 bits per heavy atom. The minimum atomic E-state index is 0.951.